The highest BCUT2D eigenvalue weighted by Gasteiger charge is 2.19. The van der Waals surface area contributed by atoms with Crippen molar-refractivity contribution in [2.45, 2.75) is 342 Å². The summed E-state index contributed by atoms with van der Waals surface area (Å²) in [5.41, 5.74) is 0. The maximum atomic E-state index is 12.9. The van der Waals surface area contributed by atoms with Gasteiger partial charge in [-0.05, 0) is 25.2 Å². The normalized spacial score (nSPS) is 12.0. The summed E-state index contributed by atoms with van der Waals surface area (Å²) in [5.74, 6) is -0.00767. The van der Waals surface area contributed by atoms with Crippen LogP contribution in [0.5, 0.6) is 0 Å². The standard InChI is InChI=1S/C59H114O6/c1-5-7-9-11-13-15-17-19-21-22-23-25-27-31-36-40-44-48-52-59(62)65-56(54-64-58(61)51-47-43-39-35-32-28-29-33-37-41-45-49-55(3)4)53-63-57(60)50-46-42-38-34-30-26-24-20-18-16-14-12-10-8-6-2/h55-56H,5-54H2,1-4H3/t56-/m0/s1. The van der Waals surface area contributed by atoms with E-state index >= 15 is 0 Å². The molecule has 0 aromatic heterocycles. The monoisotopic (exact) mass is 919 g/mol. The van der Waals surface area contributed by atoms with Gasteiger partial charge in [0.15, 0.2) is 6.10 Å². The third-order valence-electron chi connectivity index (χ3n) is 13.5. The molecule has 0 amide bonds. The van der Waals surface area contributed by atoms with E-state index in [1.54, 1.807) is 0 Å². The van der Waals surface area contributed by atoms with Gasteiger partial charge in [-0.1, -0.05) is 297 Å². The zero-order valence-corrected chi connectivity index (χ0v) is 44.5. The fraction of sp³-hybridized carbons (Fsp3) is 0.949. The number of hydrogen-bond donors (Lipinski definition) is 0. The summed E-state index contributed by atoms with van der Waals surface area (Å²) in [4.78, 5) is 38.1. The number of hydrogen-bond acceptors (Lipinski definition) is 6. The van der Waals surface area contributed by atoms with Gasteiger partial charge < -0.3 is 14.2 Å². The largest absolute Gasteiger partial charge is 0.462 e. The lowest BCUT2D eigenvalue weighted by Gasteiger charge is -2.18. The van der Waals surface area contributed by atoms with E-state index in [0.717, 1.165) is 63.7 Å². The number of esters is 3. The number of carbonyl (C=O) groups is 3. The summed E-state index contributed by atoms with van der Waals surface area (Å²) in [7, 11) is 0. The van der Waals surface area contributed by atoms with E-state index in [2.05, 4.69) is 27.7 Å². The Morgan fingerprint density at radius 2 is 0.508 bits per heavy atom. The molecule has 0 aliphatic heterocycles. The first-order valence-electron chi connectivity index (χ1n) is 29.4. The zero-order valence-electron chi connectivity index (χ0n) is 44.5. The molecular formula is C59H114O6. The van der Waals surface area contributed by atoms with Crippen molar-refractivity contribution in [2.24, 2.45) is 5.92 Å². The van der Waals surface area contributed by atoms with Crippen molar-refractivity contribution in [1.29, 1.82) is 0 Å². The summed E-state index contributed by atoms with van der Waals surface area (Å²) in [5, 5.41) is 0. The molecule has 0 aromatic rings. The maximum absolute atomic E-state index is 12.9. The van der Waals surface area contributed by atoms with Crippen LogP contribution in [0.15, 0.2) is 0 Å². The molecule has 0 aliphatic carbocycles. The second kappa shape index (κ2) is 53.4. The molecule has 386 valence electrons. The van der Waals surface area contributed by atoms with Gasteiger partial charge in [-0.3, -0.25) is 14.4 Å². The van der Waals surface area contributed by atoms with Gasteiger partial charge in [0.25, 0.3) is 0 Å². The first-order chi connectivity index (χ1) is 31.9. The van der Waals surface area contributed by atoms with E-state index in [-0.39, 0.29) is 31.1 Å². The van der Waals surface area contributed by atoms with Gasteiger partial charge in [0.1, 0.15) is 13.2 Å². The lowest BCUT2D eigenvalue weighted by Crippen LogP contribution is -2.30. The Balaban J connectivity index is 4.29. The van der Waals surface area contributed by atoms with Gasteiger partial charge in [0, 0.05) is 19.3 Å². The van der Waals surface area contributed by atoms with Gasteiger partial charge in [0.05, 0.1) is 0 Å². The Bertz CT molecular complexity index is 980. The van der Waals surface area contributed by atoms with Gasteiger partial charge in [-0.15, -0.1) is 0 Å². The van der Waals surface area contributed by atoms with Crippen LogP contribution >= 0.6 is 0 Å². The minimum Gasteiger partial charge on any atom is -0.462 e. The van der Waals surface area contributed by atoms with Crippen molar-refractivity contribution in [3.63, 3.8) is 0 Å². The molecule has 1 atom stereocenters. The van der Waals surface area contributed by atoms with Crippen molar-refractivity contribution >= 4 is 17.9 Å². The molecule has 0 heterocycles. The van der Waals surface area contributed by atoms with E-state index in [4.69, 9.17) is 14.2 Å². The minimum absolute atomic E-state index is 0.0618. The van der Waals surface area contributed by atoms with E-state index < -0.39 is 6.10 Å². The number of unbranched alkanes of at least 4 members (excludes halogenated alkanes) is 41. The van der Waals surface area contributed by atoms with Gasteiger partial charge in [0.2, 0.25) is 0 Å². The molecule has 0 aromatic carbocycles. The lowest BCUT2D eigenvalue weighted by molar-refractivity contribution is -0.167. The second-order valence-electron chi connectivity index (χ2n) is 20.8. The van der Waals surface area contributed by atoms with Gasteiger partial charge >= 0.3 is 17.9 Å². The average molecular weight is 920 g/mol. The first-order valence-corrected chi connectivity index (χ1v) is 29.4. The van der Waals surface area contributed by atoms with Crippen LogP contribution in [0.25, 0.3) is 0 Å². The molecule has 0 radical (unpaired) electrons. The summed E-state index contributed by atoms with van der Waals surface area (Å²) < 4.78 is 16.9. The Morgan fingerprint density at radius 3 is 0.754 bits per heavy atom. The fourth-order valence-corrected chi connectivity index (χ4v) is 9.10. The summed E-state index contributed by atoms with van der Waals surface area (Å²) >= 11 is 0. The van der Waals surface area contributed by atoms with E-state index in [0.29, 0.717) is 19.3 Å². The Kier molecular flexibility index (Phi) is 52.1. The molecule has 6 nitrogen and oxygen atoms in total. The fourth-order valence-electron chi connectivity index (χ4n) is 9.10. The summed E-state index contributed by atoms with van der Waals surface area (Å²) in [6.07, 6.45) is 58.1. The Labute approximate surface area is 406 Å². The van der Waals surface area contributed by atoms with Crippen LogP contribution < -0.4 is 0 Å². The predicted octanol–water partition coefficient (Wildman–Crippen LogP) is 19.4. The molecule has 0 spiro atoms. The van der Waals surface area contributed by atoms with Gasteiger partial charge in [-0.25, -0.2) is 0 Å². The second-order valence-corrected chi connectivity index (χ2v) is 20.8. The van der Waals surface area contributed by atoms with Gasteiger partial charge in [-0.2, -0.15) is 0 Å². The molecule has 0 fully saturated rings. The molecular weight excluding hydrogens is 805 g/mol. The first kappa shape index (κ1) is 63.4. The highest BCUT2D eigenvalue weighted by atomic mass is 16.6. The Morgan fingerprint density at radius 1 is 0.292 bits per heavy atom. The van der Waals surface area contributed by atoms with Crippen LogP contribution in [0.2, 0.25) is 0 Å². The van der Waals surface area contributed by atoms with Crippen molar-refractivity contribution in [1.82, 2.24) is 0 Å². The van der Waals surface area contributed by atoms with Crippen LogP contribution in [0, 0.1) is 5.92 Å². The third kappa shape index (κ3) is 53.2. The maximum Gasteiger partial charge on any atom is 0.306 e. The highest BCUT2D eigenvalue weighted by Crippen LogP contribution is 2.18. The van der Waals surface area contributed by atoms with Crippen molar-refractivity contribution in [3.05, 3.63) is 0 Å². The number of ether oxygens (including phenoxy) is 3. The average Bonchev–Trinajstić information content (AvgIpc) is 3.29. The molecule has 0 aliphatic rings. The molecule has 0 N–H and O–H groups in total. The van der Waals surface area contributed by atoms with E-state index in [9.17, 15) is 14.4 Å². The smallest absolute Gasteiger partial charge is 0.306 e. The third-order valence-corrected chi connectivity index (χ3v) is 13.5. The minimum atomic E-state index is -0.762. The Hall–Kier alpha value is -1.59. The zero-order chi connectivity index (χ0) is 47.4. The molecule has 65 heavy (non-hydrogen) atoms. The number of rotatable bonds is 54. The predicted molar refractivity (Wildman–Crippen MR) is 280 cm³/mol. The van der Waals surface area contributed by atoms with Crippen molar-refractivity contribution < 1.29 is 28.6 Å². The quantitative estimate of drug-likeness (QED) is 0.0344. The molecule has 0 saturated carbocycles. The van der Waals surface area contributed by atoms with E-state index in [1.165, 1.54) is 231 Å². The lowest BCUT2D eigenvalue weighted by atomic mass is 10.0. The topological polar surface area (TPSA) is 78.9 Å². The summed E-state index contributed by atoms with van der Waals surface area (Å²) in [6, 6.07) is 0. The van der Waals surface area contributed by atoms with Crippen LogP contribution in [-0.4, -0.2) is 37.2 Å². The molecule has 0 bridgehead atoms. The molecule has 0 saturated heterocycles. The molecule has 0 rings (SSSR count). The van der Waals surface area contributed by atoms with E-state index in [1.807, 2.05) is 0 Å². The molecule has 0 unspecified atom stereocenters. The summed E-state index contributed by atoms with van der Waals surface area (Å²) in [6.45, 7) is 9.06. The molecule has 6 heteroatoms. The van der Waals surface area contributed by atoms with Crippen molar-refractivity contribution in [3.8, 4) is 0 Å². The number of carbonyl (C=O) groups excluding carboxylic acids is 3. The highest BCUT2D eigenvalue weighted by molar-refractivity contribution is 5.71. The van der Waals surface area contributed by atoms with Crippen LogP contribution in [0.1, 0.15) is 336 Å². The van der Waals surface area contributed by atoms with Crippen LogP contribution in [0.3, 0.4) is 0 Å². The SMILES string of the molecule is CCCCCCCCCCCCCCCCCCCCC(=O)O[C@@H](COC(=O)CCCCCCCCCCCCCCCCC)COC(=O)CCCCCCCCCCCCCC(C)C. The van der Waals surface area contributed by atoms with Crippen LogP contribution in [-0.2, 0) is 28.6 Å². The van der Waals surface area contributed by atoms with Crippen LogP contribution in [0.4, 0.5) is 0 Å². The van der Waals surface area contributed by atoms with Crippen molar-refractivity contribution in [2.75, 3.05) is 13.2 Å².